The number of halogens is 1. The minimum atomic E-state index is -0.396. The van der Waals surface area contributed by atoms with Crippen molar-refractivity contribution >= 4 is 5.91 Å². The molecule has 0 radical (unpaired) electrons. The van der Waals surface area contributed by atoms with Crippen molar-refractivity contribution in [2.24, 2.45) is 5.92 Å². The van der Waals surface area contributed by atoms with E-state index in [9.17, 15) is 9.18 Å². The normalized spacial score (nSPS) is 20.8. The number of likely N-dealkylation sites (tertiary alicyclic amines) is 1. The van der Waals surface area contributed by atoms with Gasteiger partial charge in [0.05, 0.1) is 19.7 Å². The molecule has 1 amide bonds. The first kappa shape index (κ1) is 17.0. The summed E-state index contributed by atoms with van der Waals surface area (Å²) in [5, 5.41) is 0. The molecule has 0 N–H and O–H groups in total. The Hall–Kier alpha value is -2.47. The van der Waals surface area contributed by atoms with Crippen molar-refractivity contribution in [2.45, 2.75) is 18.4 Å². The Morgan fingerprint density at radius 3 is 2.96 bits per heavy atom. The topological polar surface area (TPSA) is 51.7 Å². The average molecular weight is 356 g/mol. The van der Waals surface area contributed by atoms with Crippen LogP contribution >= 0.6 is 0 Å². The van der Waals surface area contributed by atoms with E-state index in [1.54, 1.807) is 23.2 Å². The van der Waals surface area contributed by atoms with Crippen molar-refractivity contribution in [1.82, 2.24) is 9.88 Å². The third-order valence-electron chi connectivity index (χ3n) is 5.23. The maximum absolute atomic E-state index is 13.3. The fraction of sp³-hybridized carbons (Fsp3) is 0.400. The van der Waals surface area contributed by atoms with Crippen LogP contribution in [0.2, 0.25) is 0 Å². The fourth-order valence-electron chi connectivity index (χ4n) is 3.83. The number of hydrogen-bond acceptors (Lipinski definition) is 4. The summed E-state index contributed by atoms with van der Waals surface area (Å²) >= 11 is 0. The maximum atomic E-state index is 13.3. The van der Waals surface area contributed by atoms with Gasteiger partial charge in [0.15, 0.2) is 0 Å². The zero-order chi connectivity index (χ0) is 18.0. The molecular formula is C20H21FN2O3. The number of hydrogen-bond donors (Lipinski definition) is 0. The third kappa shape index (κ3) is 3.29. The number of ether oxygens (including phenoxy) is 2. The van der Waals surface area contributed by atoms with E-state index in [4.69, 9.17) is 9.47 Å². The number of rotatable bonds is 5. The molecular weight excluding hydrogens is 335 g/mol. The number of benzene rings is 1. The molecule has 6 heteroatoms. The van der Waals surface area contributed by atoms with Gasteiger partial charge in [0.2, 0.25) is 5.88 Å². The molecule has 2 aliphatic rings. The van der Waals surface area contributed by atoms with Gasteiger partial charge >= 0.3 is 0 Å². The van der Waals surface area contributed by atoms with Gasteiger partial charge in [-0.05, 0) is 43.0 Å². The Morgan fingerprint density at radius 1 is 1.31 bits per heavy atom. The lowest BCUT2D eigenvalue weighted by molar-refractivity contribution is -0.119. The van der Waals surface area contributed by atoms with Crippen molar-refractivity contribution in [3.63, 3.8) is 0 Å². The van der Waals surface area contributed by atoms with E-state index in [0.717, 1.165) is 12.8 Å². The molecule has 0 aliphatic carbocycles. The van der Waals surface area contributed by atoms with Crippen LogP contribution in [0.25, 0.3) is 0 Å². The number of aromatic nitrogens is 1. The molecule has 1 aromatic heterocycles. The Morgan fingerprint density at radius 2 is 2.19 bits per heavy atom. The lowest BCUT2D eigenvalue weighted by atomic mass is 9.79. The summed E-state index contributed by atoms with van der Waals surface area (Å²) in [7, 11) is 0. The van der Waals surface area contributed by atoms with Gasteiger partial charge < -0.3 is 14.4 Å². The van der Waals surface area contributed by atoms with Crippen molar-refractivity contribution in [3.05, 3.63) is 60.0 Å². The predicted molar refractivity (Wildman–Crippen MR) is 93.4 cm³/mol. The van der Waals surface area contributed by atoms with Crippen LogP contribution in [-0.2, 0) is 4.74 Å². The molecule has 5 nitrogen and oxygen atoms in total. The number of carbonyl (C=O) groups excluding carboxylic acids is 1. The van der Waals surface area contributed by atoms with Crippen molar-refractivity contribution < 1.29 is 18.7 Å². The monoisotopic (exact) mass is 356 g/mol. The van der Waals surface area contributed by atoms with E-state index in [-0.39, 0.29) is 11.5 Å². The van der Waals surface area contributed by atoms with Crippen molar-refractivity contribution in [3.8, 4) is 5.88 Å². The lowest BCUT2D eigenvalue weighted by Gasteiger charge is -2.50. The van der Waals surface area contributed by atoms with Crippen molar-refractivity contribution in [2.75, 3.05) is 26.3 Å². The Labute approximate surface area is 151 Å². The fourth-order valence-corrected chi connectivity index (χ4v) is 3.83. The summed E-state index contributed by atoms with van der Waals surface area (Å²) in [6, 6.07) is 11.4. The summed E-state index contributed by atoms with van der Waals surface area (Å²) in [6.45, 7) is 2.38. The summed E-state index contributed by atoms with van der Waals surface area (Å²) in [5.41, 5.74) is 0.101. The van der Waals surface area contributed by atoms with Crippen LogP contribution in [-0.4, -0.2) is 47.7 Å². The first-order valence-electron chi connectivity index (χ1n) is 8.89. The summed E-state index contributed by atoms with van der Waals surface area (Å²) in [5.74, 6) is 0.432. The van der Waals surface area contributed by atoms with Crippen LogP contribution in [0.15, 0.2) is 48.7 Å². The molecule has 2 fully saturated rings. The molecule has 1 aromatic carbocycles. The second kappa shape index (κ2) is 7.03. The minimum absolute atomic E-state index is 0.144. The Kier molecular flexibility index (Phi) is 4.59. The second-order valence-corrected chi connectivity index (χ2v) is 6.88. The van der Waals surface area contributed by atoms with Crippen LogP contribution in [0.5, 0.6) is 5.88 Å². The van der Waals surface area contributed by atoms with Gasteiger partial charge in [0.25, 0.3) is 5.91 Å². The summed E-state index contributed by atoms with van der Waals surface area (Å²) in [4.78, 5) is 18.4. The Bertz CT molecular complexity index is 778. The van der Waals surface area contributed by atoms with E-state index in [0.29, 0.717) is 43.7 Å². The molecule has 1 spiro atoms. The molecule has 136 valence electrons. The highest BCUT2D eigenvalue weighted by atomic mass is 19.1. The molecule has 1 unspecified atom stereocenters. The second-order valence-electron chi connectivity index (χ2n) is 6.88. The third-order valence-corrected chi connectivity index (χ3v) is 5.23. The molecule has 3 heterocycles. The standard InChI is InChI=1S/C20H21FN2O3/c21-17-5-3-4-15(12-17)19(24)23-13-20(14-23)16(8-11-26-20)7-10-25-18-6-1-2-9-22-18/h1-6,9,12,16H,7-8,10-11,13-14H2. The van der Waals surface area contributed by atoms with Gasteiger partial charge in [-0.1, -0.05) is 12.1 Å². The summed E-state index contributed by atoms with van der Waals surface area (Å²) in [6.07, 6.45) is 3.53. The molecule has 26 heavy (non-hydrogen) atoms. The van der Waals surface area contributed by atoms with Gasteiger partial charge in [0.1, 0.15) is 11.4 Å². The molecule has 0 saturated carbocycles. The molecule has 0 bridgehead atoms. The van der Waals surface area contributed by atoms with Crippen LogP contribution in [0, 0.1) is 11.7 Å². The van der Waals surface area contributed by atoms with E-state index >= 15 is 0 Å². The Balaban J connectivity index is 1.32. The van der Waals surface area contributed by atoms with E-state index in [1.165, 1.54) is 12.1 Å². The number of amides is 1. The molecule has 1 atom stereocenters. The van der Waals surface area contributed by atoms with Crippen molar-refractivity contribution in [1.29, 1.82) is 0 Å². The zero-order valence-electron chi connectivity index (χ0n) is 14.4. The minimum Gasteiger partial charge on any atom is -0.478 e. The van der Waals surface area contributed by atoms with Gasteiger partial charge in [-0.25, -0.2) is 9.37 Å². The van der Waals surface area contributed by atoms with Gasteiger partial charge in [-0.3, -0.25) is 4.79 Å². The maximum Gasteiger partial charge on any atom is 0.254 e. The van der Waals surface area contributed by atoms with Crippen LogP contribution in [0.1, 0.15) is 23.2 Å². The van der Waals surface area contributed by atoms with E-state index < -0.39 is 5.82 Å². The predicted octanol–water partition coefficient (Wildman–Crippen LogP) is 2.92. The lowest BCUT2D eigenvalue weighted by Crippen LogP contribution is -2.66. The smallest absolute Gasteiger partial charge is 0.254 e. The van der Waals surface area contributed by atoms with Crippen LogP contribution in [0.4, 0.5) is 4.39 Å². The first-order valence-corrected chi connectivity index (χ1v) is 8.89. The van der Waals surface area contributed by atoms with Crippen LogP contribution < -0.4 is 4.74 Å². The molecule has 2 aromatic rings. The number of pyridine rings is 1. The van der Waals surface area contributed by atoms with E-state index in [1.807, 2.05) is 18.2 Å². The van der Waals surface area contributed by atoms with Gasteiger partial charge in [0, 0.05) is 24.4 Å². The van der Waals surface area contributed by atoms with Gasteiger partial charge in [-0.15, -0.1) is 0 Å². The quantitative estimate of drug-likeness (QED) is 0.827. The molecule has 2 aliphatic heterocycles. The highest BCUT2D eigenvalue weighted by molar-refractivity contribution is 5.95. The van der Waals surface area contributed by atoms with Gasteiger partial charge in [-0.2, -0.15) is 0 Å². The van der Waals surface area contributed by atoms with E-state index in [2.05, 4.69) is 4.98 Å². The average Bonchev–Trinajstić information content (AvgIpc) is 3.05. The molecule has 4 rings (SSSR count). The highest BCUT2D eigenvalue weighted by Crippen LogP contribution is 2.42. The largest absolute Gasteiger partial charge is 0.478 e. The SMILES string of the molecule is O=C(c1cccc(F)c1)N1CC2(C1)OCCC2CCOc1ccccn1. The number of nitrogens with zero attached hydrogens (tertiary/aromatic N) is 2. The highest BCUT2D eigenvalue weighted by Gasteiger charge is 2.54. The van der Waals surface area contributed by atoms with Crippen LogP contribution in [0.3, 0.4) is 0 Å². The molecule has 2 saturated heterocycles. The number of carbonyl (C=O) groups is 1. The first-order chi connectivity index (χ1) is 12.7. The summed E-state index contributed by atoms with van der Waals surface area (Å²) < 4.78 is 25.0. The zero-order valence-corrected chi connectivity index (χ0v) is 14.4.